The third-order valence-corrected chi connectivity index (χ3v) is 9.67. The summed E-state index contributed by atoms with van der Waals surface area (Å²) in [5.74, 6) is -0.522. The summed E-state index contributed by atoms with van der Waals surface area (Å²) in [7, 11) is 1.29. The number of carboxylic acid groups (broad SMARTS) is 1. The van der Waals surface area contributed by atoms with E-state index in [0.29, 0.717) is 69.0 Å². The molecule has 5 aromatic rings. The second-order valence-corrected chi connectivity index (χ2v) is 12.9. The molecule has 4 heterocycles. The lowest BCUT2D eigenvalue weighted by Crippen LogP contribution is -2.37. The number of pyridine rings is 2. The summed E-state index contributed by atoms with van der Waals surface area (Å²) in [5, 5.41) is 16.6. The van der Waals surface area contributed by atoms with E-state index in [1.165, 1.54) is 22.4 Å². The maximum Gasteiger partial charge on any atom is 0.320 e. The van der Waals surface area contributed by atoms with E-state index in [9.17, 15) is 19.5 Å². The summed E-state index contributed by atoms with van der Waals surface area (Å²) in [6.07, 6.45) is 4.40. The number of aliphatic carboxylic acids is 1. The van der Waals surface area contributed by atoms with E-state index in [0.717, 1.165) is 17.5 Å². The number of likely N-dealkylation sites (N-methyl/N-ethyl adjacent to an activating group) is 1. The largest absolute Gasteiger partial charge is 0.481 e. The Morgan fingerprint density at radius 1 is 1.10 bits per heavy atom. The Labute approximate surface area is 300 Å². The molecule has 2 atom stereocenters. The summed E-state index contributed by atoms with van der Waals surface area (Å²) < 4.78 is 14.7. The fourth-order valence-electron chi connectivity index (χ4n) is 5.94. The highest BCUT2D eigenvalue weighted by molar-refractivity contribution is 6.39. The molecular formula is C37H36Cl2N6O5. The van der Waals surface area contributed by atoms with E-state index in [1.54, 1.807) is 25.4 Å². The number of benzene rings is 2. The van der Waals surface area contributed by atoms with Gasteiger partial charge in [-0.15, -0.1) is 0 Å². The average Bonchev–Trinajstić information content (AvgIpc) is 3.56. The Morgan fingerprint density at radius 2 is 1.82 bits per heavy atom. The number of carbonyl (C=O) groups excluding carboxylic acids is 1. The zero-order valence-corrected chi connectivity index (χ0v) is 29.0. The number of ether oxygens (including phenoxy) is 1. The van der Waals surface area contributed by atoms with Crippen molar-refractivity contribution < 1.29 is 20.8 Å². The van der Waals surface area contributed by atoms with Gasteiger partial charge in [0.15, 0.2) is 0 Å². The Bertz CT molecular complexity index is 2180. The van der Waals surface area contributed by atoms with Crippen LogP contribution >= 0.6 is 23.2 Å². The number of carboxylic acids is 1. The maximum atomic E-state index is 13.3. The van der Waals surface area contributed by atoms with Crippen molar-refractivity contribution in [3.05, 3.63) is 105 Å². The number of aromatic nitrogens is 3. The fourth-order valence-corrected chi connectivity index (χ4v) is 6.61. The molecule has 13 heteroatoms. The van der Waals surface area contributed by atoms with Crippen molar-refractivity contribution in [1.29, 1.82) is 0 Å². The van der Waals surface area contributed by atoms with Gasteiger partial charge in [-0.05, 0) is 44.1 Å². The minimum Gasteiger partial charge on any atom is -0.481 e. The summed E-state index contributed by atoms with van der Waals surface area (Å²) in [4.78, 5) is 46.9. The van der Waals surface area contributed by atoms with Gasteiger partial charge in [-0.3, -0.25) is 23.7 Å². The lowest BCUT2D eigenvalue weighted by Gasteiger charge is -2.20. The highest BCUT2D eigenvalue weighted by atomic mass is 35.5. The highest BCUT2D eigenvalue weighted by Gasteiger charge is 2.22. The molecule has 1 aliphatic heterocycles. The lowest BCUT2D eigenvalue weighted by atomic mass is 9.97. The first kappa shape index (κ1) is 33.7. The van der Waals surface area contributed by atoms with Gasteiger partial charge in [-0.25, -0.2) is 9.97 Å². The normalized spacial score (nSPS) is 15.3. The van der Waals surface area contributed by atoms with E-state index >= 15 is 0 Å². The third kappa shape index (κ3) is 7.22. The lowest BCUT2D eigenvalue weighted by molar-refractivity contribution is -0.142. The minimum absolute atomic E-state index is 0.0206. The first-order chi connectivity index (χ1) is 24.6. The second-order valence-electron chi connectivity index (χ2n) is 12.1. The summed E-state index contributed by atoms with van der Waals surface area (Å²) >= 11 is 14.1. The van der Waals surface area contributed by atoms with Crippen LogP contribution in [-0.2, 0) is 22.7 Å². The molecule has 0 unspecified atom stereocenters. The minimum atomic E-state index is -1.07. The maximum absolute atomic E-state index is 13.3. The van der Waals surface area contributed by atoms with Crippen LogP contribution in [0.5, 0.6) is 5.88 Å². The number of nitrogens with one attached hydrogen (secondary N) is 2. The van der Waals surface area contributed by atoms with Crippen molar-refractivity contribution in [2.24, 2.45) is 0 Å². The summed E-state index contributed by atoms with van der Waals surface area (Å²) in [6, 6.07) is 17.9. The number of amides is 1. The topological polar surface area (TPSA) is 138 Å². The molecule has 1 fully saturated rings. The molecule has 6 rings (SSSR count). The average molecular weight is 717 g/mol. The molecule has 3 aromatic heterocycles. The van der Waals surface area contributed by atoms with Gasteiger partial charge < -0.3 is 20.5 Å². The van der Waals surface area contributed by atoms with Gasteiger partial charge in [0.2, 0.25) is 11.8 Å². The summed E-state index contributed by atoms with van der Waals surface area (Å²) in [6.45, 7) is 2.63. The van der Waals surface area contributed by atoms with Crippen molar-refractivity contribution in [2.75, 3.05) is 20.7 Å². The van der Waals surface area contributed by atoms with Gasteiger partial charge in [0, 0.05) is 73.7 Å². The van der Waals surface area contributed by atoms with Crippen molar-refractivity contribution in [3.63, 3.8) is 0 Å². The summed E-state index contributed by atoms with van der Waals surface area (Å²) in [5.41, 5.74) is 5.38. The van der Waals surface area contributed by atoms with Crippen LogP contribution in [0.2, 0.25) is 10.0 Å². The predicted molar refractivity (Wildman–Crippen MR) is 194 cm³/mol. The Morgan fingerprint density at radius 3 is 2.50 bits per heavy atom. The van der Waals surface area contributed by atoms with Crippen molar-refractivity contribution >= 4 is 40.7 Å². The molecule has 3 N–H and O–H groups in total. The number of carbonyl (C=O) groups is 2. The number of hydrogen-bond acceptors (Lipinski definition) is 8. The number of halogens is 2. The molecule has 0 radical (unpaired) electrons. The SMILES string of the molecule is [2H]CN(Cc1cnc2cc(-c3cccc(-c4cccc(-c5ccc(CNC[C@H]6CCC(=O)N6)c(OC)n5)c4Cl)c3Cl)ccn2c1=O)[C@@H](C)C(=O)O. The molecule has 0 bridgehead atoms. The van der Waals surface area contributed by atoms with E-state index in [4.69, 9.17) is 34.3 Å². The molecule has 0 spiro atoms. The van der Waals surface area contributed by atoms with Crippen LogP contribution in [0.25, 0.3) is 39.2 Å². The molecular weight excluding hydrogens is 679 g/mol. The number of rotatable bonds is 12. The fraction of sp³-hybridized carbons (Fsp3) is 0.270. The van der Waals surface area contributed by atoms with Gasteiger partial charge >= 0.3 is 5.97 Å². The molecule has 0 aliphatic carbocycles. The van der Waals surface area contributed by atoms with E-state index < -0.39 is 12.0 Å². The Kier molecular flexibility index (Phi) is 10.1. The zero-order valence-electron chi connectivity index (χ0n) is 28.5. The van der Waals surface area contributed by atoms with Crippen molar-refractivity contribution in [3.8, 4) is 39.4 Å². The van der Waals surface area contributed by atoms with Crippen molar-refractivity contribution in [1.82, 2.24) is 29.9 Å². The van der Waals surface area contributed by atoms with Gasteiger partial charge in [0.25, 0.3) is 5.56 Å². The van der Waals surface area contributed by atoms with Crippen LogP contribution in [0.4, 0.5) is 0 Å². The standard InChI is InChI=1S/C37H36Cl2N6O5/c1-21(37(48)49)44(2)20-24-18-41-31-16-22(14-15-45(31)36(24)47)26-6-4-7-27(33(26)38)28-8-5-9-29(34(28)39)30-12-10-23(35(43-30)50-3)17-40-19-25-11-13-32(46)42-25/h4-10,12,14-16,18,21,25,40H,11,13,17,19-20H2,1-3H3,(H,42,46)(H,48,49)/t21-,25+/m0/s1/i2D. The van der Waals surface area contributed by atoms with Gasteiger partial charge in [0.05, 0.1) is 28.4 Å². The molecule has 1 saturated heterocycles. The van der Waals surface area contributed by atoms with Crippen molar-refractivity contribution in [2.45, 2.75) is 44.9 Å². The number of hydrogen-bond donors (Lipinski definition) is 3. The van der Waals surface area contributed by atoms with E-state index in [-0.39, 0.29) is 36.6 Å². The molecule has 11 nitrogen and oxygen atoms in total. The van der Waals surface area contributed by atoms with Crippen LogP contribution in [0.1, 0.15) is 32.3 Å². The van der Waals surface area contributed by atoms with Crippen LogP contribution in [0, 0.1) is 0 Å². The molecule has 2 aromatic carbocycles. The first-order valence-corrected chi connectivity index (χ1v) is 16.7. The molecule has 258 valence electrons. The molecule has 0 saturated carbocycles. The third-order valence-electron chi connectivity index (χ3n) is 8.86. The molecule has 1 amide bonds. The van der Waals surface area contributed by atoms with Crippen LogP contribution < -0.4 is 20.9 Å². The molecule has 1 aliphatic rings. The predicted octanol–water partition coefficient (Wildman–Crippen LogP) is 5.68. The van der Waals surface area contributed by atoms with Crippen LogP contribution in [0.3, 0.4) is 0 Å². The highest BCUT2D eigenvalue weighted by Crippen LogP contribution is 2.42. The smallest absolute Gasteiger partial charge is 0.320 e. The van der Waals surface area contributed by atoms with E-state index in [2.05, 4.69) is 15.6 Å². The Hall–Kier alpha value is -4.81. The number of methoxy groups -OCH3 is 1. The van der Waals surface area contributed by atoms with Gasteiger partial charge in [-0.1, -0.05) is 65.7 Å². The number of nitrogens with zero attached hydrogens (tertiary/aromatic N) is 4. The first-order valence-electron chi connectivity index (χ1n) is 16.7. The second kappa shape index (κ2) is 15.0. The van der Waals surface area contributed by atoms with Gasteiger partial charge in [0.1, 0.15) is 11.7 Å². The van der Waals surface area contributed by atoms with Crippen LogP contribution in [-0.4, -0.2) is 69.0 Å². The monoisotopic (exact) mass is 715 g/mol. The van der Waals surface area contributed by atoms with E-state index in [1.807, 2.05) is 48.5 Å². The van der Waals surface area contributed by atoms with Crippen LogP contribution in [0.15, 0.2) is 77.9 Å². The number of fused-ring (bicyclic) bond motifs is 1. The van der Waals surface area contributed by atoms with Gasteiger partial charge in [-0.2, -0.15) is 0 Å². The quantitative estimate of drug-likeness (QED) is 0.149. The Balaban J connectivity index is 1.26. The zero-order chi connectivity index (χ0) is 36.2. The molecule has 50 heavy (non-hydrogen) atoms.